The predicted molar refractivity (Wildman–Crippen MR) is 74.8 cm³/mol. The van der Waals surface area contributed by atoms with E-state index in [1.807, 2.05) is 0 Å². The van der Waals surface area contributed by atoms with Crippen molar-refractivity contribution < 1.29 is 9.53 Å². The highest BCUT2D eigenvalue weighted by Gasteiger charge is 2.27. The van der Waals surface area contributed by atoms with Gasteiger partial charge in [-0.25, -0.2) is 0 Å². The molecule has 2 rings (SSSR count). The van der Waals surface area contributed by atoms with E-state index in [0.717, 1.165) is 51.5 Å². The molecule has 1 amide bonds. The van der Waals surface area contributed by atoms with Crippen LogP contribution in [0.5, 0.6) is 0 Å². The van der Waals surface area contributed by atoms with Crippen molar-refractivity contribution in [3.63, 3.8) is 0 Å². The molecule has 0 aromatic heterocycles. The topological polar surface area (TPSA) is 67.6 Å². The molecule has 5 heteroatoms. The Hall–Kier alpha value is -0.650. The minimum absolute atomic E-state index is 0.162. The SMILES string of the molecule is CN(CCC(NC1CC1)C(N)=O)CC1CCOCC1. The standard InChI is InChI=1S/C14H27N3O2/c1-17(10-11-5-8-19-9-6-11)7-4-13(14(15)18)16-12-2-3-12/h11-13,16H,2-10H2,1H3,(H2,15,18). The van der Waals surface area contributed by atoms with Crippen molar-refractivity contribution in [2.75, 3.05) is 33.4 Å². The van der Waals surface area contributed by atoms with Crippen LogP contribution < -0.4 is 11.1 Å². The molecule has 3 N–H and O–H groups in total. The van der Waals surface area contributed by atoms with E-state index in [1.165, 1.54) is 12.8 Å². The number of rotatable bonds is 8. The lowest BCUT2D eigenvalue weighted by Gasteiger charge is -2.28. The summed E-state index contributed by atoms with van der Waals surface area (Å²) < 4.78 is 5.37. The maximum atomic E-state index is 11.4. The van der Waals surface area contributed by atoms with Gasteiger partial charge >= 0.3 is 0 Å². The minimum atomic E-state index is -0.216. The van der Waals surface area contributed by atoms with Gasteiger partial charge in [0.15, 0.2) is 0 Å². The number of nitrogens with one attached hydrogen (secondary N) is 1. The van der Waals surface area contributed by atoms with Crippen molar-refractivity contribution in [2.24, 2.45) is 11.7 Å². The van der Waals surface area contributed by atoms with Crippen LogP contribution in [0.3, 0.4) is 0 Å². The number of nitrogens with two attached hydrogens (primary N) is 1. The molecule has 1 unspecified atom stereocenters. The highest BCUT2D eigenvalue weighted by atomic mass is 16.5. The summed E-state index contributed by atoms with van der Waals surface area (Å²) in [6.07, 6.45) is 5.49. The van der Waals surface area contributed by atoms with Crippen molar-refractivity contribution >= 4 is 5.91 Å². The van der Waals surface area contributed by atoms with Crippen LogP contribution in [0.1, 0.15) is 32.1 Å². The number of nitrogens with zero attached hydrogens (tertiary/aromatic N) is 1. The number of hydrogen-bond donors (Lipinski definition) is 2. The second kappa shape index (κ2) is 7.22. The van der Waals surface area contributed by atoms with Crippen LogP contribution >= 0.6 is 0 Å². The van der Waals surface area contributed by atoms with Gasteiger partial charge in [0.1, 0.15) is 0 Å². The third-order valence-electron chi connectivity index (χ3n) is 4.07. The fraction of sp³-hybridized carbons (Fsp3) is 0.929. The van der Waals surface area contributed by atoms with Gasteiger partial charge in [-0.2, -0.15) is 0 Å². The smallest absolute Gasteiger partial charge is 0.234 e. The van der Waals surface area contributed by atoms with Gasteiger partial charge in [-0.3, -0.25) is 4.79 Å². The second-order valence-electron chi connectivity index (χ2n) is 6.00. The molecule has 2 aliphatic rings. The number of carbonyl (C=O) groups is 1. The van der Waals surface area contributed by atoms with E-state index in [4.69, 9.17) is 10.5 Å². The third-order valence-corrected chi connectivity index (χ3v) is 4.07. The molecule has 1 heterocycles. The summed E-state index contributed by atoms with van der Waals surface area (Å²) in [4.78, 5) is 13.7. The molecule has 110 valence electrons. The zero-order valence-electron chi connectivity index (χ0n) is 11.9. The largest absolute Gasteiger partial charge is 0.381 e. The first-order chi connectivity index (χ1) is 9.15. The first kappa shape index (κ1) is 14.8. The first-order valence-corrected chi connectivity index (χ1v) is 7.47. The summed E-state index contributed by atoms with van der Waals surface area (Å²) in [6, 6.07) is 0.364. The van der Waals surface area contributed by atoms with E-state index in [0.29, 0.717) is 6.04 Å². The molecule has 1 saturated carbocycles. The summed E-state index contributed by atoms with van der Waals surface area (Å²) in [5.74, 6) is 0.522. The number of amides is 1. The Bertz CT molecular complexity index is 288. The minimum Gasteiger partial charge on any atom is -0.381 e. The fourth-order valence-electron chi connectivity index (χ4n) is 2.65. The van der Waals surface area contributed by atoms with Crippen molar-refractivity contribution in [2.45, 2.75) is 44.2 Å². The van der Waals surface area contributed by atoms with Crippen LogP contribution in [0.25, 0.3) is 0 Å². The summed E-state index contributed by atoms with van der Waals surface area (Å²) in [5.41, 5.74) is 5.45. The molecule has 0 radical (unpaired) electrons. The Morgan fingerprint density at radius 3 is 2.63 bits per heavy atom. The normalized spacial score (nSPS) is 22.6. The Kier molecular flexibility index (Phi) is 5.60. The Balaban J connectivity index is 1.65. The lowest BCUT2D eigenvalue weighted by molar-refractivity contribution is -0.120. The van der Waals surface area contributed by atoms with Crippen LogP contribution in [-0.2, 0) is 9.53 Å². The first-order valence-electron chi connectivity index (χ1n) is 7.47. The van der Waals surface area contributed by atoms with E-state index < -0.39 is 0 Å². The summed E-state index contributed by atoms with van der Waals surface area (Å²) >= 11 is 0. The van der Waals surface area contributed by atoms with Crippen LogP contribution in [-0.4, -0.2) is 56.2 Å². The molecule has 2 fully saturated rings. The highest BCUT2D eigenvalue weighted by molar-refractivity contribution is 5.79. The number of hydrogen-bond acceptors (Lipinski definition) is 4. The Morgan fingerprint density at radius 1 is 1.37 bits per heavy atom. The molecule has 0 aromatic carbocycles. The molecule has 0 bridgehead atoms. The molecule has 5 nitrogen and oxygen atoms in total. The van der Waals surface area contributed by atoms with Crippen molar-refractivity contribution in [1.82, 2.24) is 10.2 Å². The van der Waals surface area contributed by atoms with Crippen LogP contribution in [0.4, 0.5) is 0 Å². The molecule has 0 spiro atoms. The van der Waals surface area contributed by atoms with E-state index in [-0.39, 0.29) is 11.9 Å². The van der Waals surface area contributed by atoms with Gasteiger partial charge in [-0.15, -0.1) is 0 Å². The zero-order valence-corrected chi connectivity index (χ0v) is 11.9. The van der Waals surface area contributed by atoms with Crippen molar-refractivity contribution in [3.8, 4) is 0 Å². The van der Waals surface area contributed by atoms with E-state index in [2.05, 4.69) is 17.3 Å². The molecular weight excluding hydrogens is 242 g/mol. The van der Waals surface area contributed by atoms with Gasteiger partial charge in [0.05, 0.1) is 6.04 Å². The van der Waals surface area contributed by atoms with Crippen molar-refractivity contribution in [3.05, 3.63) is 0 Å². The fourth-order valence-corrected chi connectivity index (χ4v) is 2.65. The molecule has 1 atom stereocenters. The second-order valence-corrected chi connectivity index (χ2v) is 6.00. The quantitative estimate of drug-likeness (QED) is 0.667. The summed E-state index contributed by atoms with van der Waals surface area (Å²) in [5, 5.41) is 3.33. The number of ether oxygens (including phenoxy) is 1. The molecular formula is C14H27N3O2. The Labute approximate surface area is 115 Å². The summed E-state index contributed by atoms with van der Waals surface area (Å²) in [6.45, 7) is 3.81. The van der Waals surface area contributed by atoms with Crippen LogP contribution in [0, 0.1) is 5.92 Å². The van der Waals surface area contributed by atoms with E-state index >= 15 is 0 Å². The van der Waals surface area contributed by atoms with Crippen LogP contribution in [0.2, 0.25) is 0 Å². The number of carbonyl (C=O) groups excluding carboxylic acids is 1. The molecule has 19 heavy (non-hydrogen) atoms. The maximum absolute atomic E-state index is 11.4. The summed E-state index contributed by atoms with van der Waals surface area (Å²) in [7, 11) is 2.13. The monoisotopic (exact) mass is 269 g/mol. The van der Waals surface area contributed by atoms with E-state index in [1.54, 1.807) is 0 Å². The van der Waals surface area contributed by atoms with E-state index in [9.17, 15) is 4.79 Å². The molecule has 0 aromatic rings. The predicted octanol–water partition coefficient (Wildman–Crippen LogP) is 0.341. The average molecular weight is 269 g/mol. The maximum Gasteiger partial charge on any atom is 0.234 e. The van der Waals surface area contributed by atoms with Gasteiger partial charge in [0.25, 0.3) is 0 Å². The molecule has 1 aliphatic heterocycles. The average Bonchev–Trinajstić information content (AvgIpc) is 3.19. The van der Waals surface area contributed by atoms with Gasteiger partial charge in [0.2, 0.25) is 5.91 Å². The Morgan fingerprint density at radius 2 is 2.05 bits per heavy atom. The molecule has 1 saturated heterocycles. The lowest BCUT2D eigenvalue weighted by atomic mass is 10.00. The molecule has 1 aliphatic carbocycles. The third kappa shape index (κ3) is 5.47. The van der Waals surface area contributed by atoms with Gasteiger partial charge in [-0.05, 0) is 51.6 Å². The van der Waals surface area contributed by atoms with Gasteiger partial charge in [0, 0.05) is 25.8 Å². The number of primary amides is 1. The van der Waals surface area contributed by atoms with Gasteiger partial charge < -0.3 is 20.7 Å². The lowest BCUT2D eigenvalue weighted by Crippen LogP contribution is -2.44. The van der Waals surface area contributed by atoms with Crippen LogP contribution in [0.15, 0.2) is 0 Å². The highest BCUT2D eigenvalue weighted by Crippen LogP contribution is 2.20. The van der Waals surface area contributed by atoms with Gasteiger partial charge in [-0.1, -0.05) is 0 Å². The zero-order chi connectivity index (χ0) is 13.7. The van der Waals surface area contributed by atoms with Crippen molar-refractivity contribution in [1.29, 1.82) is 0 Å².